The smallest absolute Gasteiger partial charge is 0.255 e. The van der Waals surface area contributed by atoms with E-state index >= 15 is 0 Å². The van der Waals surface area contributed by atoms with E-state index < -0.39 is 0 Å². The van der Waals surface area contributed by atoms with Crippen LogP contribution in [-0.4, -0.2) is 22.7 Å². The summed E-state index contributed by atoms with van der Waals surface area (Å²) in [6.45, 7) is 1.82. The maximum atomic E-state index is 12.6. The number of aromatic nitrogens is 2. The topological polar surface area (TPSA) is 93.3 Å². The Balaban J connectivity index is 1.61. The molecule has 0 spiro atoms. The molecule has 7 nitrogen and oxygen atoms in total. The van der Waals surface area contributed by atoms with Gasteiger partial charge in [-0.3, -0.25) is 9.59 Å². The lowest BCUT2D eigenvalue weighted by Gasteiger charge is -2.09. The van der Waals surface area contributed by atoms with E-state index in [0.29, 0.717) is 44.9 Å². The van der Waals surface area contributed by atoms with Gasteiger partial charge in [0.1, 0.15) is 5.82 Å². The second kappa shape index (κ2) is 6.77. The minimum Gasteiger partial charge on any atom is -0.454 e. The van der Waals surface area contributed by atoms with Gasteiger partial charge in [-0.15, -0.1) is 0 Å². The third-order valence-corrected chi connectivity index (χ3v) is 4.23. The average molecular weight is 384 g/mol. The average Bonchev–Trinajstić information content (AvgIpc) is 3.10. The summed E-state index contributed by atoms with van der Waals surface area (Å²) in [5.74, 6) is 0.952. The van der Waals surface area contributed by atoms with Crippen LogP contribution in [0, 0.1) is 6.92 Å². The maximum absolute atomic E-state index is 12.6. The fraction of sp³-hybridized carbons (Fsp3) is 0.105. The van der Waals surface area contributed by atoms with Crippen molar-refractivity contribution in [1.29, 1.82) is 0 Å². The molecule has 0 bridgehead atoms. The lowest BCUT2D eigenvalue weighted by atomic mass is 10.1. The number of hydrogen-bond acceptors (Lipinski definition) is 5. The molecule has 0 atom stereocenters. The number of nitrogens with zero attached hydrogens (tertiary/aromatic N) is 1. The van der Waals surface area contributed by atoms with Crippen molar-refractivity contribution in [2.24, 2.45) is 0 Å². The van der Waals surface area contributed by atoms with Crippen LogP contribution in [0.5, 0.6) is 11.5 Å². The molecule has 8 heteroatoms. The Bertz CT molecular complexity index is 1110. The van der Waals surface area contributed by atoms with Crippen molar-refractivity contribution in [1.82, 2.24) is 9.97 Å². The van der Waals surface area contributed by atoms with Gasteiger partial charge in [0, 0.05) is 28.6 Å². The van der Waals surface area contributed by atoms with Crippen LogP contribution in [0.15, 0.2) is 47.3 Å². The summed E-state index contributed by atoms with van der Waals surface area (Å²) in [6.07, 6.45) is 0. The van der Waals surface area contributed by atoms with E-state index in [-0.39, 0.29) is 18.3 Å². The van der Waals surface area contributed by atoms with Crippen LogP contribution >= 0.6 is 11.6 Å². The molecule has 3 aromatic rings. The lowest BCUT2D eigenvalue weighted by molar-refractivity contribution is 0.102. The summed E-state index contributed by atoms with van der Waals surface area (Å²) < 4.78 is 10.5. The van der Waals surface area contributed by atoms with Gasteiger partial charge >= 0.3 is 0 Å². The molecule has 0 unspecified atom stereocenters. The van der Waals surface area contributed by atoms with Crippen molar-refractivity contribution in [3.05, 3.63) is 69.1 Å². The van der Waals surface area contributed by atoms with Crippen LogP contribution in [0.2, 0.25) is 5.02 Å². The fourth-order valence-electron chi connectivity index (χ4n) is 2.76. The van der Waals surface area contributed by atoms with Crippen molar-refractivity contribution >= 4 is 23.2 Å². The van der Waals surface area contributed by atoms with E-state index in [1.807, 2.05) is 0 Å². The number of aromatic amines is 1. The van der Waals surface area contributed by atoms with Crippen molar-refractivity contribution in [2.45, 2.75) is 6.92 Å². The fourth-order valence-corrected chi connectivity index (χ4v) is 3.03. The molecule has 0 saturated heterocycles. The van der Waals surface area contributed by atoms with E-state index in [1.165, 1.54) is 12.1 Å². The highest BCUT2D eigenvalue weighted by Crippen LogP contribution is 2.39. The molecule has 4 rings (SSSR count). The van der Waals surface area contributed by atoms with Gasteiger partial charge < -0.3 is 19.8 Å². The van der Waals surface area contributed by atoms with Crippen LogP contribution in [-0.2, 0) is 0 Å². The number of carbonyl (C=O) groups is 1. The third-order valence-electron chi connectivity index (χ3n) is 3.95. The SMILES string of the molecule is Cc1cc(=O)[nH]c(-c2cccc(NC(=O)c3cc(Cl)c4c(c3)OCO4)c2)n1. The Morgan fingerprint density at radius 1 is 1.22 bits per heavy atom. The summed E-state index contributed by atoms with van der Waals surface area (Å²) in [6, 6.07) is 11.5. The molecule has 0 aliphatic carbocycles. The van der Waals surface area contributed by atoms with Gasteiger partial charge in [-0.2, -0.15) is 0 Å². The summed E-state index contributed by atoms with van der Waals surface area (Å²) in [4.78, 5) is 31.2. The quantitative estimate of drug-likeness (QED) is 0.723. The maximum Gasteiger partial charge on any atom is 0.255 e. The summed E-state index contributed by atoms with van der Waals surface area (Å²) in [7, 11) is 0. The number of fused-ring (bicyclic) bond motifs is 1. The molecule has 2 aromatic carbocycles. The number of ether oxygens (including phenoxy) is 2. The number of nitrogens with one attached hydrogen (secondary N) is 2. The first-order chi connectivity index (χ1) is 13.0. The van der Waals surface area contributed by atoms with Gasteiger partial charge in [0.05, 0.1) is 5.02 Å². The van der Waals surface area contributed by atoms with Gasteiger partial charge in [-0.25, -0.2) is 4.98 Å². The minimum absolute atomic E-state index is 0.0733. The Labute approximate surface area is 158 Å². The van der Waals surface area contributed by atoms with Crippen LogP contribution < -0.4 is 20.3 Å². The Kier molecular flexibility index (Phi) is 4.29. The predicted molar refractivity (Wildman–Crippen MR) is 101 cm³/mol. The number of amides is 1. The predicted octanol–water partition coefficient (Wildman–Crippen LogP) is 3.38. The second-order valence-electron chi connectivity index (χ2n) is 5.96. The van der Waals surface area contributed by atoms with Crippen LogP contribution in [0.4, 0.5) is 5.69 Å². The van der Waals surface area contributed by atoms with Crippen molar-refractivity contribution < 1.29 is 14.3 Å². The third kappa shape index (κ3) is 3.50. The zero-order valence-corrected chi connectivity index (χ0v) is 15.0. The lowest BCUT2D eigenvalue weighted by Crippen LogP contribution is -2.12. The molecule has 1 aliphatic rings. The monoisotopic (exact) mass is 383 g/mol. The molecule has 0 radical (unpaired) electrons. The molecule has 0 saturated carbocycles. The zero-order valence-electron chi connectivity index (χ0n) is 14.2. The summed E-state index contributed by atoms with van der Waals surface area (Å²) in [5.41, 5.74) is 1.95. The Morgan fingerprint density at radius 2 is 2.07 bits per heavy atom. The van der Waals surface area contributed by atoms with Crippen molar-refractivity contribution in [2.75, 3.05) is 12.1 Å². The number of anilines is 1. The number of benzene rings is 2. The van der Waals surface area contributed by atoms with E-state index in [4.69, 9.17) is 21.1 Å². The largest absolute Gasteiger partial charge is 0.454 e. The number of aryl methyl sites for hydroxylation is 1. The highest BCUT2D eigenvalue weighted by atomic mass is 35.5. The highest BCUT2D eigenvalue weighted by Gasteiger charge is 2.20. The Hall–Kier alpha value is -3.32. The van der Waals surface area contributed by atoms with Gasteiger partial charge in [0.2, 0.25) is 6.79 Å². The minimum atomic E-state index is -0.349. The van der Waals surface area contributed by atoms with Crippen molar-refractivity contribution in [3.8, 4) is 22.9 Å². The van der Waals surface area contributed by atoms with E-state index in [1.54, 1.807) is 37.3 Å². The van der Waals surface area contributed by atoms with Gasteiger partial charge in [0.15, 0.2) is 11.5 Å². The first-order valence-corrected chi connectivity index (χ1v) is 8.46. The molecule has 1 aromatic heterocycles. The number of rotatable bonds is 3. The zero-order chi connectivity index (χ0) is 19.0. The molecule has 2 N–H and O–H groups in total. The number of H-pyrrole nitrogens is 1. The van der Waals surface area contributed by atoms with Crippen LogP contribution in [0.25, 0.3) is 11.4 Å². The molecule has 0 fully saturated rings. The van der Waals surface area contributed by atoms with Gasteiger partial charge in [-0.1, -0.05) is 23.7 Å². The normalized spacial score (nSPS) is 12.1. The molecule has 27 heavy (non-hydrogen) atoms. The second-order valence-corrected chi connectivity index (χ2v) is 6.37. The van der Waals surface area contributed by atoms with Gasteiger partial charge in [-0.05, 0) is 31.2 Å². The number of halogens is 1. The van der Waals surface area contributed by atoms with Crippen LogP contribution in [0.1, 0.15) is 16.1 Å². The molecule has 1 amide bonds. The van der Waals surface area contributed by atoms with Crippen molar-refractivity contribution in [3.63, 3.8) is 0 Å². The molecular weight excluding hydrogens is 370 g/mol. The Morgan fingerprint density at radius 3 is 2.89 bits per heavy atom. The standard InChI is InChI=1S/C19H14ClN3O4/c1-10-5-16(24)23-18(21-10)11-3-2-4-13(6-11)22-19(25)12-7-14(20)17-15(8-12)26-9-27-17/h2-8H,9H2,1H3,(H,22,25)(H,21,23,24). The summed E-state index contributed by atoms with van der Waals surface area (Å²) >= 11 is 6.13. The summed E-state index contributed by atoms with van der Waals surface area (Å²) in [5, 5.41) is 3.11. The van der Waals surface area contributed by atoms with Crippen LogP contribution in [0.3, 0.4) is 0 Å². The number of carbonyl (C=O) groups excluding carboxylic acids is 1. The number of hydrogen-bond donors (Lipinski definition) is 2. The first-order valence-electron chi connectivity index (χ1n) is 8.08. The molecule has 2 heterocycles. The molecule has 1 aliphatic heterocycles. The van der Waals surface area contributed by atoms with E-state index in [0.717, 1.165) is 0 Å². The van der Waals surface area contributed by atoms with E-state index in [9.17, 15) is 9.59 Å². The first kappa shape index (κ1) is 17.1. The molecule has 136 valence electrons. The van der Waals surface area contributed by atoms with E-state index in [2.05, 4.69) is 15.3 Å². The van der Waals surface area contributed by atoms with Gasteiger partial charge in [0.25, 0.3) is 11.5 Å². The highest BCUT2D eigenvalue weighted by molar-refractivity contribution is 6.32. The molecular formula is C19H14ClN3O4.